The fraction of sp³-hybridized carbons (Fsp3) is 0. The van der Waals surface area contributed by atoms with E-state index >= 15 is 0 Å². The number of halogens is 2. The van der Waals surface area contributed by atoms with Crippen LogP contribution in [0.2, 0.25) is 10.0 Å². The van der Waals surface area contributed by atoms with E-state index in [2.05, 4.69) is 17.1 Å². The molecular weight excluding hydrogens is 387 g/mol. The van der Waals surface area contributed by atoms with Gasteiger partial charge in [0.1, 0.15) is 0 Å². The first-order chi connectivity index (χ1) is 13.7. The van der Waals surface area contributed by atoms with E-state index < -0.39 is 0 Å². The second-order valence-electron chi connectivity index (χ2n) is 6.60. The van der Waals surface area contributed by atoms with Gasteiger partial charge < -0.3 is 0 Å². The van der Waals surface area contributed by atoms with Crippen molar-refractivity contribution in [2.75, 3.05) is 0 Å². The van der Waals surface area contributed by atoms with Crippen molar-refractivity contribution in [1.29, 1.82) is 0 Å². The van der Waals surface area contributed by atoms with Gasteiger partial charge >= 0.3 is 0 Å². The molecule has 0 radical (unpaired) electrons. The molecular formula is C24H14Cl2N2. The molecule has 0 spiro atoms. The molecule has 0 saturated heterocycles. The molecule has 28 heavy (non-hydrogen) atoms. The Balaban J connectivity index is 1.87. The molecule has 0 saturated carbocycles. The fourth-order valence-corrected chi connectivity index (χ4v) is 3.77. The van der Waals surface area contributed by atoms with Gasteiger partial charge in [0.05, 0.1) is 16.7 Å². The maximum atomic E-state index is 6.12. The van der Waals surface area contributed by atoms with Gasteiger partial charge in [-0.3, -0.25) is 4.98 Å². The molecule has 0 amide bonds. The molecule has 0 aliphatic heterocycles. The Morgan fingerprint density at radius 1 is 0.643 bits per heavy atom. The van der Waals surface area contributed by atoms with Crippen LogP contribution < -0.4 is 0 Å². The highest BCUT2D eigenvalue weighted by molar-refractivity contribution is 6.31. The maximum absolute atomic E-state index is 6.12. The van der Waals surface area contributed by atoms with Gasteiger partial charge in [-0.1, -0.05) is 53.5 Å². The first kappa shape index (κ1) is 17.2. The number of hydrogen-bond acceptors (Lipinski definition) is 2. The second-order valence-corrected chi connectivity index (χ2v) is 7.47. The lowest BCUT2D eigenvalue weighted by atomic mass is 9.96. The van der Waals surface area contributed by atoms with Gasteiger partial charge in [0.2, 0.25) is 0 Å². The monoisotopic (exact) mass is 400 g/mol. The van der Waals surface area contributed by atoms with E-state index in [4.69, 9.17) is 28.2 Å². The topological polar surface area (TPSA) is 25.8 Å². The smallest absolute Gasteiger partial charge is 0.0723 e. The summed E-state index contributed by atoms with van der Waals surface area (Å²) in [5.74, 6) is 0. The van der Waals surface area contributed by atoms with Gasteiger partial charge in [0.25, 0.3) is 0 Å². The number of benzene rings is 3. The van der Waals surface area contributed by atoms with Crippen LogP contribution in [0.3, 0.4) is 0 Å². The number of hydrogen-bond donors (Lipinski definition) is 0. The Morgan fingerprint density at radius 2 is 1.29 bits per heavy atom. The lowest BCUT2D eigenvalue weighted by molar-refractivity contribution is 1.38. The van der Waals surface area contributed by atoms with Gasteiger partial charge in [-0.2, -0.15) is 0 Å². The molecule has 0 unspecified atom stereocenters. The maximum Gasteiger partial charge on any atom is 0.0723 e. The minimum absolute atomic E-state index is 0.708. The van der Waals surface area contributed by atoms with Crippen molar-refractivity contribution in [2.24, 2.45) is 0 Å². The summed E-state index contributed by atoms with van der Waals surface area (Å²) in [6, 6.07) is 25.9. The van der Waals surface area contributed by atoms with E-state index in [-0.39, 0.29) is 0 Å². The van der Waals surface area contributed by atoms with Crippen molar-refractivity contribution in [3.8, 4) is 22.4 Å². The third kappa shape index (κ3) is 3.01. The molecule has 0 N–H and O–H groups in total. The molecule has 0 aliphatic rings. The van der Waals surface area contributed by atoms with E-state index in [1.54, 1.807) is 0 Å². The molecule has 4 heteroatoms. The Hall–Kier alpha value is -2.94. The molecule has 0 fully saturated rings. The second kappa shape index (κ2) is 6.90. The number of fused-ring (bicyclic) bond motifs is 3. The van der Waals surface area contributed by atoms with Crippen molar-refractivity contribution >= 4 is 45.0 Å². The van der Waals surface area contributed by atoms with Crippen LogP contribution in [0.15, 0.2) is 85.1 Å². The first-order valence-electron chi connectivity index (χ1n) is 8.89. The van der Waals surface area contributed by atoms with Crippen LogP contribution in [0.25, 0.3) is 44.2 Å². The Morgan fingerprint density at radius 3 is 2.00 bits per heavy atom. The summed E-state index contributed by atoms with van der Waals surface area (Å²) in [6.07, 6.45) is 1.81. The lowest BCUT2D eigenvalue weighted by Crippen LogP contribution is -1.92. The van der Waals surface area contributed by atoms with Crippen LogP contribution in [0.4, 0.5) is 0 Å². The van der Waals surface area contributed by atoms with E-state index in [1.165, 1.54) is 0 Å². The van der Waals surface area contributed by atoms with Crippen LogP contribution in [0.5, 0.6) is 0 Å². The Kier molecular flexibility index (Phi) is 4.23. The zero-order chi connectivity index (χ0) is 19.1. The van der Waals surface area contributed by atoms with Crippen LogP contribution in [0, 0.1) is 0 Å². The quantitative estimate of drug-likeness (QED) is 0.288. The highest BCUT2D eigenvalue weighted by Gasteiger charge is 2.13. The molecule has 5 rings (SSSR count). The first-order valence-corrected chi connectivity index (χ1v) is 9.65. The van der Waals surface area contributed by atoms with Gasteiger partial charge in [-0.05, 0) is 59.7 Å². The summed E-state index contributed by atoms with van der Waals surface area (Å²) >= 11 is 12.2. The summed E-state index contributed by atoms with van der Waals surface area (Å²) < 4.78 is 0. The predicted octanol–water partition coefficient (Wildman–Crippen LogP) is 7.42. The summed E-state index contributed by atoms with van der Waals surface area (Å²) in [5.41, 5.74) is 5.99. The highest BCUT2D eigenvalue weighted by Crippen LogP contribution is 2.36. The molecule has 134 valence electrons. The van der Waals surface area contributed by atoms with Gasteiger partial charge in [-0.25, -0.2) is 4.98 Å². The van der Waals surface area contributed by atoms with E-state index in [9.17, 15) is 0 Å². The van der Waals surface area contributed by atoms with Crippen LogP contribution in [-0.4, -0.2) is 9.97 Å². The lowest BCUT2D eigenvalue weighted by Gasteiger charge is -2.13. The number of nitrogens with zero attached hydrogens (tertiary/aromatic N) is 2. The average molecular weight is 401 g/mol. The summed E-state index contributed by atoms with van der Waals surface area (Å²) in [6.45, 7) is 0. The third-order valence-corrected chi connectivity index (χ3v) is 5.35. The number of pyridine rings is 2. The SMILES string of the molecule is Clc1ccc(-c2cc(-c3ccc(Cl)cc3)c3c(ccc4ncccc43)n2)cc1. The minimum atomic E-state index is 0.708. The summed E-state index contributed by atoms with van der Waals surface area (Å²) in [5, 5.41) is 3.59. The third-order valence-electron chi connectivity index (χ3n) is 4.85. The largest absolute Gasteiger partial charge is 0.256 e. The molecule has 0 bridgehead atoms. The Bertz CT molecular complexity index is 1310. The highest BCUT2D eigenvalue weighted by atomic mass is 35.5. The number of aromatic nitrogens is 2. The molecule has 3 aromatic carbocycles. The van der Waals surface area contributed by atoms with Gasteiger partial charge in [0.15, 0.2) is 0 Å². The summed E-state index contributed by atoms with van der Waals surface area (Å²) in [4.78, 5) is 9.44. The van der Waals surface area contributed by atoms with Crippen molar-refractivity contribution < 1.29 is 0 Å². The fourth-order valence-electron chi connectivity index (χ4n) is 3.51. The van der Waals surface area contributed by atoms with Crippen molar-refractivity contribution in [1.82, 2.24) is 9.97 Å². The Labute approximate surface area is 172 Å². The molecule has 5 aromatic rings. The van der Waals surface area contributed by atoms with Crippen LogP contribution >= 0.6 is 23.2 Å². The average Bonchev–Trinajstić information content (AvgIpc) is 2.74. The molecule has 2 heterocycles. The minimum Gasteiger partial charge on any atom is -0.256 e. The van der Waals surface area contributed by atoms with Crippen LogP contribution in [0.1, 0.15) is 0 Å². The van der Waals surface area contributed by atoms with Crippen molar-refractivity contribution in [3.63, 3.8) is 0 Å². The van der Waals surface area contributed by atoms with Crippen molar-refractivity contribution in [2.45, 2.75) is 0 Å². The molecule has 0 aliphatic carbocycles. The summed E-state index contributed by atoms with van der Waals surface area (Å²) in [7, 11) is 0. The van der Waals surface area contributed by atoms with Crippen LogP contribution in [-0.2, 0) is 0 Å². The predicted molar refractivity (Wildman–Crippen MR) is 118 cm³/mol. The van der Waals surface area contributed by atoms with E-state index in [0.29, 0.717) is 10.0 Å². The molecule has 2 nitrogen and oxygen atoms in total. The van der Waals surface area contributed by atoms with Gasteiger partial charge in [0, 0.05) is 32.6 Å². The number of rotatable bonds is 2. The van der Waals surface area contributed by atoms with E-state index in [0.717, 1.165) is 44.2 Å². The standard InChI is InChI=1S/C24H14Cl2N2/c25-17-7-3-15(4-8-17)20-14-23(16-5-9-18(26)10-6-16)28-22-12-11-21-19(24(20)22)2-1-13-27-21/h1-14H. The van der Waals surface area contributed by atoms with E-state index in [1.807, 2.05) is 72.9 Å². The van der Waals surface area contributed by atoms with Crippen molar-refractivity contribution in [3.05, 3.63) is 95.1 Å². The normalized spacial score (nSPS) is 11.2. The molecule has 2 aromatic heterocycles. The molecule has 0 atom stereocenters. The van der Waals surface area contributed by atoms with Gasteiger partial charge in [-0.15, -0.1) is 0 Å². The zero-order valence-corrected chi connectivity index (χ0v) is 16.2. The zero-order valence-electron chi connectivity index (χ0n) is 14.7.